The number of unbranched alkanes of at least 4 members (excludes halogenated alkanes) is 8. The number of thiazole rings is 1. The minimum absolute atomic E-state index is 0.819. The SMILES string of the molecule is CCCCCCCCCCOc1ccc2cc(-c3cnc(CCCC)s3)ccc2c1. The van der Waals surface area contributed by atoms with Crippen LogP contribution in [0.5, 0.6) is 5.75 Å². The van der Waals surface area contributed by atoms with E-state index < -0.39 is 0 Å². The van der Waals surface area contributed by atoms with Crippen molar-refractivity contribution in [2.24, 2.45) is 0 Å². The molecule has 2 nitrogen and oxygen atoms in total. The van der Waals surface area contributed by atoms with E-state index in [1.807, 2.05) is 17.5 Å². The molecule has 0 aliphatic rings. The predicted octanol–water partition coefficient (Wildman–Crippen LogP) is 8.83. The van der Waals surface area contributed by atoms with Crippen molar-refractivity contribution in [2.45, 2.75) is 84.5 Å². The van der Waals surface area contributed by atoms with Crippen molar-refractivity contribution in [2.75, 3.05) is 6.61 Å². The smallest absolute Gasteiger partial charge is 0.119 e. The summed E-state index contributed by atoms with van der Waals surface area (Å²) in [4.78, 5) is 5.86. The molecule has 162 valence electrons. The van der Waals surface area contributed by atoms with Crippen LogP contribution in [-0.4, -0.2) is 11.6 Å². The van der Waals surface area contributed by atoms with E-state index in [-0.39, 0.29) is 0 Å². The third-order valence-electron chi connectivity index (χ3n) is 5.66. The van der Waals surface area contributed by atoms with Crippen molar-refractivity contribution < 1.29 is 4.74 Å². The van der Waals surface area contributed by atoms with E-state index in [1.54, 1.807) is 0 Å². The number of hydrogen-bond donors (Lipinski definition) is 0. The van der Waals surface area contributed by atoms with Gasteiger partial charge in [-0.15, -0.1) is 11.3 Å². The fraction of sp³-hybridized carbons (Fsp3) is 0.519. The number of rotatable bonds is 14. The van der Waals surface area contributed by atoms with Gasteiger partial charge >= 0.3 is 0 Å². The molecule has 0 fully saturated rings. The quantitative estimate of drug-likeness (QED) is 0.242. The number of aromatic nitrogens is 1. The highest BCUT2D eigenvalue weighted by Gasteiger charge is 2.06. The lowest BCUT2D eigenvalue weighted by molar-refractivity contribution is 0.304. The van der Waals surface area contributed by atoms with Gasteiger partial charge in [-0.1, -0.05) is 83.4 Å². The van der Waals surface area contributed by atoms with Crippen LogP contribution in [0.4, 0.5) is 0 Å². The average molecular weight is 424 g/mol. The molecule has 0 atom stereocenters. The molecule has 0 aliphatic carbocycles. The second kappa shape index (κ2) is 12.7. The summed E-state index contributed by atoms with van der Waals surface area (Å²) in [7, 11) is 0. The summed E-state index contributed by atoms with van der Waals surface area (Å²) in [6, 6.07) is 13.1. The molecule has 3 heteroatoms. The van der Waals surface area contributed by atoms with Crippen LogP contribution in [-0.2, 0) is 6.42 Å². The Hall–Kier alpha value is -1.87. The molecule has 3 aromatic rings. The topological polar surface area (TPSA) is 22.1 Å². The fourth-order valence-electron chi connectivity index (χ4n) is 3.78. The van der Waals surface area contributed by atoms with E-state index in [0.717, 1.165) is 25.2 Å². The summed E-state index contributed by atoms with van der Waals surface area (Å²) in [6.45, 7) is 5.32. The van der Waals surface area contributed by atoms with Crippen molar-refractivity contribution in [3.05, 3.63) is 47.6 Å². The van der Waals surface area contributed by atoms with Gasteiger partial charge in [-0.05, 0) is 53.8 Å². The Kier molecular flexibility index (Phi) is 9.69. The van der Waals surface area contributed by atoms with Gasteiger partial charge in [0.2, 0.25) is 0 Å². The van der Waals surface area contributed by atoms with Gasteiger partial charge in [-0.2, -0.15) is 0 Å². The molecule has 0 saturated heterocycles. The number of aryl methyl sites for hydroxylation is 1. The summed E-state index contributed by atoms with van der Waals surface area (Å²) in [5, 5.41) is 3.75. The Morgan fingerprint density at radius 3 is 2.27 bits per heavy atom. The molecule has 3 rings (SSSR count). The molecule has 0 unspecified atom stereocenters. The summed E-state index contributed by atoms with van der Waals surface area (Å²) >= 11 is 1.82. The highest BCUT2D eigenvalue weighted by Crippen LogP contribution is 2.31. The molecule has 0 N–H and O–H groups in total. The largest absolute Gasteiger partial charge is 0.494 e. The highest BCUT2D eigenvalue weighted by molar-refractivity contribution is 7.15. The third kappa shape index (κ3) is 7.12. The monoisotopic (exact) mass is 423 g/mol. The highest BCUT2D eigenvalue weighted by atomic mass is 32.1. The van der Waals surface area contributed by atoms with Crippen molar-refractivity contribution >= 4 is 22.1 Å². The van der Waals surface area contributed by atoms with Crippen LogP contribution in [0.3, 0.4) is 0 Å². The molecular weight excluding hydrogens is 386 g/mol. The van der Waals surface area contributed by atoms with Gasteiger partial charge < -0.3 is 4.74 Å². The predicted molar refractivity (Wildman–Crippen MR) is 132 cm³/mol. The Balaban J connectivity index is 1.47. The van der Waals surface area contributed by atoms with Gasteiger partial charge in [0.1, 0.15) is 5.75 Å². The van der Waals surface area contributed by atoms with Gasteiger partial charge in [0, 0.05) is 6.20 Å². The van der Waals surface area contributed by atoms with Gasteiger partial charge in [-0.25, -0.2) is 4.98 Å². The number of fused-ring (bicyclic) bond motifs is 1. The van der Waals surface area contributed by atoms with E-state index in [4.69, 9.17) is 4.74 Å². The van der Waals surface area contributed by atoms with Crippen LogP contribution < -0.4 is 4.74 Å². The molecule has 0 spiro atoms. The Morgan fingerprint density at radius 1 is 0.767 bits per heavy atom. The molecule has 0 radical (unpaired) electrons. The van der Waals surface area contributed by atoms with Crippen molar-refractivity contribution in [1.29, 1.82) is 0 Å². The summed E-state index contributed by atoms with van der Waals surface area (Å²) in [5.74, 6) is 0.984. The van der Waals surface area contributed by atoms with Gasteiger partial charge in [-0.3, -0.25) is 0 Å². The molecule has 1 aromatic heterocycles. The normalized spacial score (nSPS) is 11.3. The molecule has 0 aliphatic heterocycles. The zero-order valence-corrected chi connectivity index (χ0v) is 19.6. The maximum absolute atomic E-state index is 6.01. The van der Waals surface area contributed by atoms with E-state index in [0.29, 0.717) is 0 Å². The molecular formula is C27H37NOS. The minimum Gasteiger partial charge on any atom is -0.494 e. The lowest BCUT2D eigenvalue weighted by atomic mass is 10.1. The fourth-order valence-corrected chi connectivity index (χ4v) is 4.74. The van der Waals surface area contributed by atoms with Crippen LogP contribution in [0, 0.1) is 0 Å². The Morgan fingerprint density at radius 2 is 1.47 bits per heavy atom. The zero-order chi connectivity index (χ0) is 21.0. The first-order valence-electron chi connectivity index (χ1n) is 11.9. The van der Waals surface area contributed by atoms with Crippen LogP contribution in [0.1, 0.15) is 83.1 Å². The summed E-state index contributed by atoms with van der Waals surface area (Å²) < 4.78 is 6.01. The van der Waals surface area contributed by atoms with Gasteiger partial charge in [0.25, 0.3) is 0 Å². The summed E-state index contributed by atoms with van der Waals surface area (Å²) in [5.41, 5.74) is 1.26. The van der Waals surface area contributed by atoms with E-state index in [9.17, 15) is 0 Å². The minimum atomic E-state index is 0.819. The Labute approximate surface area is 186 Å². The van der Waals surface area contributed by atoms with Crippen molar-refractivity contribution in [3.63, 3.8) is 0 Å². The van der Waals surface area contributed by atoms with E-state index >= 15 is 0 Å². The Bertz CT molecular complexity index is 885. The standard InChI is InChI=1S/C27H37NOS/c1-3-5-7-8-9-10-11-12-18-29-25-17-16-22-19-24(15-14-23(22)20-25)26-21-28-27(30-26)13-6-4-2/h14-17,19-21H,3-13,18H2,1-2H3. The molecule has 1 heterocycles. The number of benzene rings is 2. The maximum atomic E-state index is 6.01. The lowest BCUT2D eigenvalue weighted by Crippen LogP contribution is -1.97. The van der Waals surface area contributed by atoms with E-state index in [2.05, 4.69) is 55.2 Å². The molecule has 0 saturated carbocycles. The van der Waals surface area contributed by atoms with E-state index in [1.165, 1.54) is 84.0 Å². The van der Waals surface area contributed by atoms with Crippen LogP contribution in [0.25, 0.3) is 21.2 Å². The zero-order valence-electron chi connectivity index (χ0n) is 18.8. The molecule has 0 amide bonds. The maximum Gasteiger partial charge on any atom is 0.119 e. The summed E-state index contributed by atoms with van der Waals surface area (Å²) in [6.07, 6.45) is 16.2. The first kappa shape index (κ1) is 22.8. The van der Waals surface area contributed by atoms with Crippen LogP contribution in [0.15, 0.2) is 42.6 Å². The average Bonchev–Trinajstić information content (AvgIpc) is 3.25. The van der Waals surface area contributed by atoms with Crippen LogP contribution >= 0.6 is 11.3 Å². The first-order chi connectivity index (χ1) is 14.8. The van der Waals surface area contributed by atoms with Crippen LogP contribution in [0.2, 0.25) is 0 Å². The number of hydrogen-bond acceptors (Lipinski definition) is 3. The third-order valence-corrected chi connectivity index (χ3v) is 6.77. The second-order valence-corrected chi connectivity index (χ2v) is 9.38. The number of nitrogens with zero attached hydrogens (tertiary/aromatic N) is 1. The number of ether oxygens (including phenoxy) is 1. The molecule has 30 heavy (non-hydrogen) atoms. The van der Waals surface area contributed by atoms with Gasteiger partial charge in [0.15, 0.2) is 0 Å². The second-order valence-electron chi connectivity index (χ2n) is 8.27. The van der Waals surface area contributed by atoms with Crippen molar-refractivity contribution in [1.82, 2.24) is 4.98 Å². The van der Waals surface area contributed by atoms with Crippen molar-refractivity contribution in [3.8, 4) is 16.2 Å². The van der Waals surface area contributed by atoms with Gasteiger partial charge in [0.05, 0.1) is 16.5 Å². The lowest BCUT2D eigenvalue weighted by Gasteiger charge is -2.08. The molecule has 2 aromatic carbocycles. The molecule has 0 bridgehead atoms. The first-order valence-corrected chi connectivity index (χ1v) is 12.7.